The third kappa shape index (κ3) is 3.64. The van der Waals surface area contributed by atoms with Gasteiger partial charge < -0.3 is 5.32 Å². The van der Waals surface area contributed by atoms with Crippen molar-refractivity contribution in [3.8, 4) is 11.3 Å². The number of aryl methyl sites for hydroxylation is 1. The molecule has 0 aliphatic carbocycles. The molecule has 0 radical (unpaired) electrons. The van der Waals surface area contributed by atoms with Gasteiger partial charge in [-0.1, -0.05) is 30.3 Å². The molecule has 0 atom stereocenters. The van der Waals surface area contributed by atoms with Crippen LogP contribution in [0.4, 0.5) is 5.69 Å². The number of pyridine rings is 1. The molecule has 1 N–H and O–H groups in total. The van der Waals surface area contributed by atoms with Gasteiger partial charge in [0.25, 0.3) is 0 Å². The third-order valence-electron chi connectivity index (χ3n) is 4.16. The molecule has 0 aliphatic heterocycles. The normalized spacial score (nSPS) is 10.8. The van der Waals surface area contributed by atoms with Gasteiger partial charge in [0.15, 0.2) is 0 Å². The highest BCUT2D eigenvalue weighted by Crippen LogP contribution is 2.22. The van der Waals surface area contributed by atoms with E-state index in [1.807, 2.05) is 65.3 Å². The molecule has 4 rings (SSSR count). The van der Waals surface area contributed by atoms with Crippen LogP contribution in [0.2, 0.25) is 0 Å². The van der Waals surface area contributed by atoms with Gasteiger partial charge in [-0.3, -0.25) is 14.3 Å². The molecule has 0 bridgehead atoms. The molecule has 26 heavy (non-hydrogen) atoms. The molecule has 0 aliphatic rings. The van der Waals surface area contributed by atoms with Crippen molar-refractivity contribution in [3.05, 3.63) is 84.6 Å². The fourth-order valence-corrected chi connectivity index (χ4v) is 2.93. The topological polar surface area (TPSA) is 60.6 Å². The first-order valence-corrected chi connectivity index (χ1v) is 8.51. The van der Waals surface area contributed by atoms with E-state index in [1.54, 1.807) is 12.4 Å². The van der Waals surface area contributed by atoms with Gasteiger partial charge in [0.1, 0.15) is 0 Å². The highest BCUT2D eigenvalue weighted by Gasteiger charge is 2.10. The molecular weight excluding hydrogens is 324 g/mol. The van der Waals surface area contributed by atoms with E-state index in [4.69, 9.17) is 0 Å². The van der Waals surface area contributed by atoms with E-state index in [0.29, 0.717) is 6.54 Å². The van der Waals surface area contributed by atoms with Crippen LogP contribution in [0, 0.1) is 0 Å². The summed E-state index contributed by atoms with van der Waals surface area (Å²) < 4.78 is 3.77. The molecule has 1 aromatic carbocycles. The van der Waals surface area contributed by atoms with Crippen LogP contribution in [-0.4, -0.2) is 24.5 Å². The largest absolute Gasteiger partial charge is 0.378 e. The maximum absolute atomic E-state index is 4.58. The van der Waals surface area contributed by atoms with E-state index in [9.17, 15) is 0 Å². The molecule has 3 aromatic heterocycles. The van der Waals surface area contributed by atoms with Gasteiger partial charge in [-0.05, 0) is 17.7 Å². The number of rotatable bonds is 6. The second-order valence-corrected chi connectivity index (χ2v) is 6.18. The fourth-order valence-electron chi connectivity index (χ4n) is 2.93. The average Bonchev–Trinajstić information content (AvgIpc) is 3.28. The van der Waals surface area contributed by atoms with E-state index >= 15 is 0 Å². The van der Waals surface area contributed by atoms with Crippen LogP contribution in [0.25, 0.3) is 11.3 Å². The first-order valence-electron chi connectivity index (χ1n) is 8.51. The van der Waals surface area contributed by atoms with Crippen molar-refractivity contribution in [1.82, 2.24) is 24.5 Å². The number of nitrogens with zero attached hydrogens (tertiary/aromatic N) is 5. The number of hydrogen-bond acceptors (Lipinski definition) is 4. The minimum atomic E-state index is 0.683. The van der Waals surface area contributed by atoms with Crippen LogP contribution < -0.4 is 5.32 Å². The van der Waals surface area contributed by atoms with Crippen molar-refractivity contribution in [1.29, 1.82) is 0 Å². The Kier molecular flexibility index (Phi) is 4.47. The Hall–Kier alpha value is -3.41. The molecular formula is C20H20N6. The maximum Gasteiger partial charge on any atom is 0.0973 e. The first kappa shape index (κ1) is 16.1. The van der Waals surface area contributed by atoms with Gasteiger partial charge in [-0.25, -0.2) is 0 Å². The minimum Gasteiger partial charge on any atom is -0.378 e. The summed E-state index contributed by atoms with van der Waals surface area (Å²) in [6, 6.07) is 14.3. The summed E-state index contributed by atoms with van der Waals surface area (Å²) in [6.07, 6.45) is 9.49. The van der Waals surface area contributed by atoms with Crippen LogP contribution in [0.15, 0.2) is 73.4 Å². The number of anilines is 1. The lowest BCUT2D eigenvalue weighted by Gasteiger charge is -2.04. The van der Waals surface area contributed by atoms with Crippen LogP contribution in [-0.2, 0) is 20.1 Å². The minimum absolute atomic E-state index is 0.683. The molecule has 0 saturated carbocycles. The first-order chi connectivity index (χ1) is 12.8. The molecule has 3 heterocycles. The Morgan fingerprint density at radius 3 is 2.62 bits per heavy atom. The highest BCUT2D eigenvalue weighted by molar-refractivity contribution is 5.62. The third-order valence-corrected chi connectivity index (χ3v) is 4.16. The standard InChI is InChI=1S/C20H20N6/c1-25-14-18(20(24-25)17-7-9-21-10-8-17)11-22-19-12-23-26(15-19)13-16-5-3-2-4-6-16/h2-10,12,14-15,22H,11,13H2,1H3. The highest BCUT2D eigenvalue weighted by atomic mass is 15.3. The van der Waals surface area contributed by atoms with Gasteiger partial charge in [-0.15, -0.1) is 0 Å². The smallest absolute Gasteiger partial charge is 0.0973 e. The zero-order chi connectivity index (χ0) is 17.8. The maximum atomic E-state index is 4.58. The molecule has 0 saturated heterocycles. The van der Waals surface area contributed by atoms with Gasteiger partial charge in [0.2, 0.25) is 0 Å². The summed E-state index contributed by atoms with van der Waals surface area (Å²) in [5.41, 5.74) is 5.39. The van der Waals surface area contributed by atoms with Crippen LogP contribution in [0.1, 0.15) is 11.1 Å². The summed E-state index contributed by atoms with van der Waals surface area (Å²) in [6.45, 7) is 1.44. The van der Waals surface area contributed by atoms with Gasteiger partial charge in [0.05, 0.1) is 24.1 Å². The number of hydrogen-bond donors (Lipinski definition) is 1. The van der Waals surface area contributed by atoms with Crippen molar-refractivity contribution in [3.63, 3.8) is 0 Å². The lowest BCUT2D eigenvalue weighted by atomic mass is 10.1. The fraction of sp³-hybridized carbons (Fsp3) is 0.150. The van der Waals surface area contributed by atoms with Gasteiger partial charge >= 0.3 is 0 Å². The van der Waals surface area contributed by atoms with Crippen molar-refractivity contribution in [2.45, 2.75) is 13.1 Å². The zero-order valence-corrected chi connectivity index (χ0v) is 14.6. The molecule has 4 aromatic rings. The Balaban J connectivity index is 1.45. The number of aromatic nitrogens is 5. The zero-order valence-electron chi connectivity index (χ0n) is 14.6. The molecule has 0 amide bonds. The lowest BCUT2D eigenvalue weighted by molar-refractivity contribution is 0.687. The second kappa shape index (κ2) is 7.23. The average molecular weight is 344 g/mol. The SMILES string of the molecule is Cn1cc(CNc2cnn(Cc3ccccc3)c2)c(-c2ccncc2)n1. The van der Waals surface area contributed by atoms with Crippen molar-refractivity contribution >= 4 is 5.69 Å². The predicted octanol–water partition coefficient (Wildman–Crippen LogP) is 3.34. The summed E-state index contributed by atoms with van der Waals surface area (Å²) in [5, 5.41) is 12.5. The molecule has 130 valence electrons. The van der Waals surface area contributed by atoms with Crippen LogP contribution >= 0.6 is 0 Å². The van der Waals surface area contributed by atoms with E-state index in [1.165, 1.54) is 5.56 Å². The summed E-state index contributed by atoms with van der Waals surface area (Å²) >= 11 is 0. The lowest BCUT2D eigenvalue weighted by Crippen LogP contribution is -2.01. The Bertz CT molecular complexity index is 972. The molecule has 0 fully saturated rings. The molecule has 0 spiro atoms. The molecule has 6 heteroatoms. The van der Waals surface area contributed by atoms with Crippen molar-refractivity contribution in [2.75, 3.05) is 5.32 Å². The van der Waals surface area contributed by atoms with E-state index in [2.05, 4.69) is 32.6 Å². The number of nitrogens with one attached hydrogen (secondary N) is 1. The molecule has 0 unspecified atom stereocenters. The van der Waals surface area contributed by atoms with E-state index in [0.717, 1.165) is 29.1 Å². The second-order valence-electron chi connectivity index (χ2n) is 6.18. The quantitative estimate of drug-likeness (QED) is 0.583. The van der Waals surface area contributed by atoms with Crippen molar-refractivity contribution < 1.29 is 0 Å². The van der Waals surface area contributed by atoms with Crippen molar-refractivity contribution in [2.24, 2.45) is 7.05 Å². The number of benzene rings is 1. The Morgan fingerprint density at radius 2 is 1.81 bits per heavy atom. The Labute approximate surface area is 152 Å². The van der Waals surface area contributed by atoms with Gasteiger partial charge in [-0.2, -0.15) is 10.2 Å². The van der Waals surface area contributed by atoms with E-state index < -0.39 is 0 Å². The predicted molar refractivity (Wildman–Crippen MR) is 102 cm³/mol. The summed E-state index contributed by atoms with van der Waals surface area (Å²) in [4.78, 5) is 4.08. The monoisotopic (exact) mass is 344 g/mol. The van der Waals surface area contributed by atoms with Crippen LogP contribution in [0.5, 0.6) is 0 Å². The van der Waals surface area contributed by atoms with Gasteiger partial charge in [0, 0.05) is 49.5 Å². The Morgan fingerprint density at radius 1 is 1.00 bits per heavy atom. The summed E-state index contributed by atoms with van der Waals surface area (Å²) in [7, 11) is 1.94. The van der Waals surface area contributed by atoms with Crippen LogP contribution in [0.3, 0.4) is 0 Å². The van der Waals surface area contributed by atoms with E-state index in [-0.39, 0.29) is 0 Å². The molecule has 6 nitrogen and oxygen atoms in total. The summed E-state index contributed by atoms with van der Waals surface area (Å²) in [5.74, 6) is 0.